The Morgan fingerprint density at radius 1 is 1.38 bits per heavy atom. The number of nitrogens with one attached hydrogen (secondary N) is 3. The van der Waals surface area contributed by atoms with Gasteiger partial charge in [-0.1, -0.05) is 11.6 Å². The lowest BCUT2D eigenvalue weighted by molar-refractivity contribution is 0.0909. The number of ether oxygens (including phenoxy) is 2. The number of rotatable bonds is 4. The lowest BCUT2D eigenvalue weighted by Gasteiger charge is -2.21. The van der Waals surface area contributed by atoms with Crippen molar-refractivity contribution in [3.63, 3.8) is 0 Å². The molecule has 1 aromatic heterocycles. The molecule has 1 atom stereocenters. The third-order valence-corrected chi connectivity index (χ3v) is 4.76. The number of benzene rings is 1. The Hall–Kier alpha value is -2.29. The van der Waals surface area contributed by atoms with Crippen molar-refractivity contribution in [3.8, 4) is 11.5 Å². The number of hydrogen-bond acceptors (Lipinski definition) is 6. The molecule has 2 aromatic rings. The van der Waals surface area contributed by atoms with Gasteiger partial charge >= 0.3 is 0 Å². The first-order valence-electron chi connectivity index (χ1n) is 8.45. The van der Waals surface area contributed by atoms with Gasteiger partial charge in [-0.25, -0.2) is 0 Å². The molecule has 26 heavy (non-hydrogen) atoms. The number of aromatic amines is 1. The molecule has 1 unspecified atom stereocenters. The highest BCUT2D eigenvalue weighted by molar-refractivity contribution is 6.32. The van der Waals surface area contributed by atoms with E-state index in [4.69, 9.17) is 21.1 Å². The summed E-state index contributed by atoms with van der Waals surface area (Å²) >= 11 is 6.19. The van der Waals surface area contributed by atoms with Crippen molar-refractivity contribution in [1.82, 2.24) is 20.8 Å². The quantitative estimate of drug-likeness (QED) is 0.630. The van der Waals surface area contributed by atoms with Crippen LogP contribution in [-0.4, -0.2) is 47.5 Å². The molecule has 4 N–H and O–H groups in total. The standard InChI is InChI=1S/C17H19ClN4O4/c18-11-5-9(6-14-16(11)26-4-3-25-14)13(23)8-20-17(24)15-10-7-19-2-1-12(10)21-22-15/h5-6,13,19,23H,1-4,7-8H2,(H,20,24)(H,21,22). The summed E-state index contributed by atoms with van der Waals surface area (Å²) in [5.41, 5.74) is 2.77. The molecule has 8 nitrogen and oxygen atoms in total. The van der Waals surface area contributed by atoms with Crippen molar-refractivity contribution in [3.05, 3.63) is 39.7 Å². The van der Waals surface area contributed by atoms with Crippen LogP contribution in [-0.2, 0) is 13.0 Å². The van der Waals surface area contributed by atoms with Gasteiger partial charge in [0.2, 0.25) is 0 Å². The monoisotopic (exact) mass is 378 g/mol. The minimum Gasteiger partial charge on any atom is -0.486 e. The van der Waals surface area contributed by atoms with Crippen molar-refractivity contribution in [1.29, 1.82) is 0 Å². The van der Waals surface area contributed by atoms with Crippen LogP contribution in [0.5, 0.6) is 11.5 Å². The van der Waals surface area contributed by atoms with Crippen LogP contribution in [0.15, 0.2) is 12.1 Å². The second kappa shape index (κ2) is 7.14. The van der Waals surface area contributed by atoms with Crippen LogP contribution >= 0.6 is 11.6 Å². The predicted molar refractivity (Wildman–Crippen MR) is 93.7 cm³/mol. The van der Waals surface area contributed by atoms with Gasteiger partial charge < -0.3 is 25.2 Å². The normalized spacial score (nSPS) is 16.7. The second-order valence-corrected chi connectivity index (χ2v) is 6.62. The summed E-state index contributed by atoms with van der Waals surface area (Å²) < 4.78 is 11.0. The fraction of sp³-hybridized carbons (Fsp3) is 0.412. The number of aliphatic hydroxyl groups is 1. The van der Waals surface area contributed by atoms with E-state index in [2.05, 4.69) is 20.8 Å². The smallest absolute Gasteiger partial charge is 0.272 e. The Kier molecular flexibility index (Phi) is 4.71. The maximum absolute atomic E-state index is 12.4. The van der Waals surface area contributed by atoms with Gasteiger partial charge in [-0.15, -0.1) is 0 Å². The van der Waals surface area contributed by atoms with Gasteiger partial charge in [0, 0.05) is 37.3 Å². The van der Waals surface area contributed by atoms with E-state index in [-0.39, 0.29) is 12.5 Å². The van der Waals surface area contributed by atoms with E-state index in [0.717, 1.165) is 24.2 Å². The number of halogens is 1. The molecule has 0 aliphatic carbocycles. The van der Waals surface area contributed by atoms with Crippen LogP contribution in [0.25, 0.3) is 0 Å². The number of aromatic nitrogens is 2. The van der Waals surface area contributed by atoms with Crippen molar-refractivity contribution in [2.75, 3.05) is 26.3 Å². The predicted octanol–water partition coefficient (Wildman–Crippen LogP) is 0.943. The Labute approximate surface area is 154 Å². The summed E-state index contributed by atoms with van der Waals surface area (Å²) in [6.07, 6.45) is -0.117. The van der Waals surface area contributed by atoms with Gasteiger partial charge in [-0.2, -0.15) is 5.10 Å². The Morgan fingerprint density at radius 3 is 3.12 bits per heavy atom. The molecular formula is C17H19ClN4O4. The Balaban J connectivity index is 1.44. The summed E-state index contributed by atoms with van der Waals surface area (Å²) in [6, 6.07) is 3.30. The molecular weight excluding hydrogens is 360 g/mol. The van der Waals surface area contributed by atoms with Crippen LogP contribution in [0.3, 0.4) is 0 Å². The van der Waals surface area contributed by atoms with E-state index in [1.165, 1.54) is 0 Å². The third-order valence-electron chi connectivity index (χ3n) is 4.48. The largest absolute Gasteiger partial charge is 0.486 e. The lowest BCUT2D eigenvalue weighted by Crippen LogP contribution is -2.31. The van der Waals surface area contributed by atoms with Crippen LogP contribution in [0.1, 0.15) is 33.4 Å². The fourth-order valence-corrected chi connectivity index (χ4v) is 3.40. The summed E-state index contributed by atoms with van der Waals surface area (Å²) in [6.45, 7) is 2.37. The zero-order valence-corrected chi connectivity index (χ0v) is 14.7. The van der Waals surface area contributed by atoms with E-state index >= 15 is 0 Å². The minimum absolute atomic E-state index is 0.0316. The molecule has 1 aromatic carbocycles. The van der Waals surface area contributed by atoms with E-state index in [0.29, 0.717) is 47.5 Å². The highest BCUT2D eigenvalue weighted by Gasteiger charge is 2.23. The van der Waals surface area contributed by atoms with Crippen molar-refractivity contribution in [2.45, 2.75) is 19.1 Å². The fourth-order valence-electron chi connectivity index (χ4n) is 3.13. The van der Waals surface area contributed by atoms with Crippen LogP contribution in [0, 0.1) is 0 Å². The van der Waals surface area contributed by atoms with Crippen molar-refractivity contribution in [2.24, 2.45) is 0 Å². The number of fused-ring (bicyclic) bond motifs is 2. The highest BCUT2D eigenvalue weighted by Crippen LogP contribution is 2.39. The van der Waals surface area contributed by atoms with Crippen molar-refractivity contribution >= 4 is 17.5 Å². The first-order chi connectivity index (χ1) is 12.6. The van der Waals surface area contributed by atoms with E-state index in [1.807, 2.05) is 0 Å². The van der Waals surface area contributed by atoms with Gasteiger partial charge in [0.1, 0.15) is 13.2 Å². The third kappa shape index (κ3) is 3.23. The minimum atomic E-state index is -0.930. The number of carbonyl (C=O) groups is 1. The van der Waals surface area contributed by atoms with E-state index in [9.17, 15) is 9.90 Å². The molecule has 2 aliphatic heterocycles. The van der Waals surface area contributed by atoms with Gasteiger partial charge in [0.15, 0.2) is 17.2 Å². The maximum Gasteiger partial charge on any atom is 0.272 e. The zero-order valence-electron chi connectivity index (χ0n) is 14.0. The molecule has 0 spiro atoms. The molecule has 0 saturated heterocycles. The zero-order chi connectivity index (χ0) is 18.1. The molecule has 0 radical (unpaired) electrons. The average Bonchev–Trinajstić information content (AvgIpc) is 3.10. The lowest BCUT2D eigenvalue weighted by atomic mass is 10.1. The second-order valence-electron chi connectivity index (χ2n) is 6.21. The van der Waals surface area contributed by atoms with E-state index < -0.39 is 6.10 Å². The molecule has 0 fully saturated rings. The summed E-state index contributed by atoms with van der Waals surface area (Å²) in [7, 11) is 0. The number of aliphatic hydroxyl groups excluding tert-OH is 1. The molecule has 0 bridgehead atoms. The number of amides is 1. The number of H-pyrrole nitrogens is 1. The Morgan fingerprint density at radius 2 is 2.23 bits per heavy atom. The highest BCUT2D eigenvalue weighted by atomic mass is 35.5. The van der Waals surface area contributed by atoms with Gasteiger partial charge in [0.05, 0.1) is 11.1 Å². The average molecular weight is 379 g/mol. The molecule has 0 saturated carbocycles. The molecule has 138 valence electrons. The number of hydrogen-bond donors (Lipinski definition) is 4. The summed E-state index contributed by atoms with van der Waals surface area (Å²) in [5, 5.41) is 23.7. The topological polar surface area (TPSA) is 108 Å². The van der Waals surface area contributed by atoms with E-state index in [1.54, 1.807) is 12.1 Å². The number of nitrogens with zero attached hydrogens (tertiary/aromatic N) is 1. The van der Waals surface area contributed by atoms with Gasteiger partial charge in [0.25, 0.3) is 5.91 Å². The molecule has 4 rings (SSSR count). The number of carbonyl (C=O) groups excluding carboxylic acids is 1. The summed E-state index contributed by atoms with van der Waals surface area (Å²) in [5.74, 6) is 0.652. The van der Waals surface area contributed by atoms with Crippen molar-refractivity contribution < 1.29 is 19.4 Å². The molecule has 9 heteroatoms. The first kappa shape index (κ1) is 17.1. The summed E-state index contributed by atoms with van der Waals surface area (Å²) in [4.78, 5) is 12.4. The SMILES string of the molecule is O=C(NCC(O)c1cc(Cl)c2c(c1)OCCO2)c1n[nH]c2c1CNCC2. The van der Waals surface area contributed by atoms with Gasteiger partial charge in [-0.05, 0) is 17.7 Å². The molecule has 3 heterocycles. The van der Waals surface area contributed by atoms with Crippen LogP contribution in [0.2, 0.25) is 5.02 Å². The van der Waals surface area contributed by atoms with Crippen LogP contribution in [0.4, 0.5) is 0 Å². The van der Waals surface area contributed by atoms with Crippen LogP contribution < -0.4 is 20.1 Å². The Bertz CT molecular complexity index is 838. The first-order valence-corrected chi connectivity index (χ1v) is 8.83. The van der Waals surface area contributed by atoms with Gasteiger partial charge in [-0.3, -0.25) is 9.89 Å². The molecule has 1 amide bonds. The molecule has 2 aliphatic rings. The maximum atomic E-state index is 12.4.